The van der Waals surface area contributed by atoms with Crippen molar-refractivity contribution in [2.45, 2.75) is 17.9 Å². The molecule has 3 rings (SSSR count). The molecule has 2 aromatic rings. The first-order valence-electron chi connectivity index (χ1n) is 9.40. The van der Waals surface area contributed by atoms with Gasteiger partial charge in [-0.2, -0.15) is 4.31 Å². The van der Waals surface area contributed by atoms with Gasteiger partial charge in [0.1, 0.15) is 17.5 Å². The van der Waals surface area contributed by atoms with Crippen molar-refractivity contribution < 1.29 is 26.4 Å². The van der Waals surface area contributed by atoms with Crippen LogP contribution >= 0.6 is 0 Å². The van der Waals surface area contributed by atoms with Crippen LogP contribution < -0.4 is 5.32 Å². The molecular weight excluding hydrogens is 419 g/mol. The van der Waals surface area contributed by atoms with Crippen LogP contribution in [0.2, 0.25) is 0 Å². The zero-order valence-corrected chi connectivity index (χ0v) is 17.1. The van der Waals surface area contributed by atoms with E-state index in [9.17, 15) is 26.4 Å². The van der Waals surface area contributed by atoms with Gasteiger partial charge in [0.05, 0.1) is 12.6 Å². The second-order valence-electron chi connectivity index (χ2n) is 7.07. The lowest BCUT2D eigenvalue weighted by atomic mass is 10.1. The van der Waals surface area contributed by atoms with Crippen LogP contribution in [0.5, 0.6) is 0 Å². The number of hydrogen-bond donors (Lipinski definition) is 1. The van der Waals surface area contributed by atoms with Crippen LogP contribution in [0.3, 0.4) is 0 Å². The highest BCUT2D eigenvalue weighted by atomic mass is 32.2. The molecule has 0 radical (unpaired) electrons. The molecule has 1 heterocycles. The fraction of sp³-hybridized carbons (Fsp3) is 0.350. The zero-order valence-electron chi connectivity index (χ0n) is 16.3. The minimum Gasteiger partial charge on any atom is -0.348 e. The number of rotatable bonds is 6. The summed E-state index contributed by atoms with van der Waals surface area (Å²) in [7, 11) is -4.31. The molecule has 0 aliphatic carbocycles. The van der Waals surface area contributed by atoms with Crippen molar-refractivity contribution in [3.63, 3.8) is 0 Å². The summed E-state index contributed by atoms with van der Waals surface area (Å²) in [6, 6.07) is 8.40. The van der Waals surface area contributed by atoms with E-state index in [1.54, 1.807) is 24.0 Å². The molecule has 1 atom stereocenters. The number of amides is 1. The van der Waals surface area contributed by atoms with Crippen molar-refractivity contribution in [3.05, 3.63) is 65.5 Å². The monoisotopic (exact) mass is 441 g/mol. The van der Waals surface area contributed by atoms with Crippen LogP contribution in [0.15, 0.2) is 47.4 Å². The van der Waals surface area contributed by atoms with Crippen molar-refractivity contribution in [2.24, 2.45) is 0 Å². The minimum absolute atomic E-state index is 0.0108. The number of nitrogens with zero attached hydrogens (tertiary/aromatic N) is 2. The number of hydrogen-bond acceptors (Lipinski definition) is 4. The molecule has 162 valence electrons. The SMILES string of the molecule is CC(NC(=O)CN1CCN(S(=O)(=O)c2c(F)cccc2F)CC1)c1ccc(F)cc1. The molecule has 1 aliphatic rings. The van der Waals surface area contributed by atoms with Gasteiger partial charge in [-0.25, -0.2) is 21.6 Å². The summed E-state index contributed by atoms with van der Waals surface area (Å²) >= 11 is 0. The summed E-state index contributed by atoms with van der Waals surface area (Å²) in [4.78, 5) is 13.1. The molecular formula is C20H22F3N3O3S. The number of benzene rings is 2. The molecule has 0 spiro atoms. The molecule has 1 aliphatic heterocycles. The Hall–Kier alpha value is -2.43. The van der Waals surface area contributed by atoms with E-state index in [4.69, 9.17) is 0 Å². The number of piperazine rings is 1. The second-order valence-corrected chi connectivity index (χ2v) is 8.95. The van der Waals surface area contributed by atoms with Crippen LogP contribution in [0, 0.1) is 17.5 Å². The lowest BCUT2D eigenvalue weighted by Gasteiger charge is -2.33. The van der Waals surface area contributed by atoms with Crippen LogP contribution in [0.25, 0.3) is 0 Å². The molecule has 10 heteroatoms. The Morgan fingerprint density at radius 2 is 1.57 bits per heavy atom. The van der Waals surface area contributed by atoms with Crippen LogP contribution in [-0.4, -0.2) is 56.3 Å². The van der Waals surface area contributed by atoms with E-state index in [2.05, 4.69) is 5.32 Å². The van der Waals surface area contributed by atoms with Gasteiger partial charge in [0.15, 0.2) is 4.90 Å². The van der Waals surface area contributed by atoms with E-state index in [1.807, 2.05) is 0 Å². The van der Waals surface area contributed by atoms with Crippen LogP contribution in [0.1, 0.15) is 18.5 Å². The van der Waals surface area contributed by atoms with E-state index in [1.165, 1.54) is 12.1 Å². The Labute approximate surface area is 173 Å². The average Bonchev–Trinajstić information content (AvgIpc) is 2.68. The van der Waals surface area contributed by atoms with Gasteiger partial charge in [0, 0.05) is 26.2 Å². The smallest absolute Gasteiger partial charge is 0.249 e. The van der Waals surface area contributed by atoms with Gasteiger partial charge in [0.2, 0.25) is 15.9 Å². The summed E-state index contributed by atoms with van der Waals surface area (Å²) in [5, 5.41) is 2.81. The Morgan fingerprint density at radius 1 is 1.00 bits per heavy atom. The Kier molecular flexibility index (Phi) is 6.79. The summed E-state index contributed by atoms with van der Waals surface area (Å²) < 4.78 is 67.0. The molecule has 1 fully saturated rings. The molecule has 0 saturated carbocycles. The summed E-state index contributed by atoms with van der Waals surface area (Å²) in [6.07, 6.45) is 0. The van der Waals surface area contributed by atoms with Gasteiger partial charge in [0.25, 0.3) is 0 Å². The van der Waals surface area contributed by atoms with Gasteiger partial charge in [-0.3, -0.25) is 9.69 Å². The largest absolute Gasteiger partial charge is 0.348 e. The Balaban J connectivity index is 1.55. The number of carbonyl (C=O) groups is 1. The van der Waals surface area contributed by atoms with Crippen LogP contribution in [0.4, 0.5) is 13.2 Å². The van der Waals surface area contributed by atoms with Crippen molar-refractivity contribution in [3.8, 4) is 0 Å². The van der Waals surface area contributed by atoms with Gasteiger partial charge >= 0.3 is 0 Å². The fourth-order valence-corrected chi connectivity index (χ4v) is 4.84. The summed E-state index contributed by atoms with van der Waals surface area (Å²) in [5.41, 5.74) is 0.757. The molecule has 2 aromatic carbocycles. The average molecular weight is 441 g/mol. The number of halogens is 3. The highest BCUT2D eigenvalue weighted by molar-refractivity contribution is 7.89. The summed E-state index contributed by atoms with van der Waals surface area (Å²) in [5.74, 6) is -2.89. The van der Waals surface area contributed by atoms with E-state index < -0.39 is 26.6 Å². The number of sulfonamides is 1. The van der Waals surface area contributed by atoms with E-state index in [0.29, 0.717) is 0 Å². The number of nitrogens with one attached hydrogen (secondary N) is 1. The topological polar surface area (TPSA) is 69.7 Å². The van der Waals surface area contributed by atoms with E-state index in [-0.39, 0.29) is 50.5 Å². The lowest BCUT2D eigenvalue weighted by Crippen LogP contribution is -2.51. The minimum atomic E-state index is -4.31. The molecule has 0 aromatic heterocycles. The third-order valence-electron chi connectivity index (χ3n) is 4.96. The first-order valence-corrected chi connectivity index (χ1v) is 10.8. The van der Waals surface area contributed by atoms with Crippen LogP contribution in [-0.2, 0) is 14.8 Å². The standard InChI is InChI=1S/C20H22F3N3O3S/c1-14(15-5-7-16(21)8-6-15)24-19(27)13-25-9-11-26(12-10-25)30(28,29)20-17(22)3-2-4-18(20)23/h2-8,14H,9-13H2,1H3,(H,24,27). The summed E-state index contributed by atoms with van der Waals surface area (Å²) in [6.45, 7) is 2.33. The highest BCUT2D eigenvalue weighted by Crippen LogP contribution is 2.23. The maximum absolute atomic E-state index is 13.9. The molecule has 0 bridgehead atoms. The van der Waals surface area contributed by atoms with Gasteiger partial charge in [-0.1, -0.05) is 18.2 Å². The van der Waals surface area contributed by atoms with Gasteiger partial charge in [-0.15, -0.1) is 0 Å². The van der Waals surface area contributed by atoms with E-state index >= 15 is 0 Å². The third-order valence-corrected chi connectivity index (χ3v) is 6.91. The molecule has 1 saturated heterocycles. The van der Waals surface area contributed by atoms with E-state index in [0.717, 1.165) is 28.1 Å². The predicted octanol–water partition coefficient (Wildman–Crippen LogP) is 2.29. The molecule has 1 amide bonds. The third kappa shape index (κ3) is 5.00. The molecule has 30 heavy (non-hydrogen) atoms. The zero-order chi connectivity index (χ0) is 21.9. The fourth-order valence-electron chi connectivity index (χ4n) is 3.31. The predicted molar refractivity (Wildman–Crippen MR) is 105 cm³/mol. The Bertz CT molecular complexity index is 987. The van der Waals surface area contributed by atoms with Gasteiger partial charge < -0.3 is 5.32 Å². The molecule has 6 nitrogen and oxygen atoms in total. The Morgan fingerprint density at radius 3 is 2.13 bits per heavy atom. The molecule has 1 unspecified atom stereocenters. The van der Waals surface area contributed by atoms with Gasteiger partial charge in [-0.05, 0) is 36.8 Å². The second kappa shape index (κ2) is 9.15. The highest BCUT2D eigenvalue weighted by Gasteiger charge is 2.33. The van der Waals surface area contributed by atoms with Crippen molar-refractivity contribution in [2.75, 3.05) is 32.7 Å². The van der Waals surface area contributed by atoms with Crippen molar-refractivity contribution >= 4 is 15.9 Å². The maximum atomic E-state index is 13.9. The first-order chi connectivity index (χ1) is 14.2. The molecule has 1 N–H and O–H groups in total. The quantitative estimate of drug-likeness (QED) is 0.747. The lowest BCUT2D eigenvalue weighted by molar-refractivity contribution is -0.123. The van der Waals surface area contributed by atoms with Crippen molar-refractivity contribution in [1.82, 2.24) is 14.5 Å². The first kappa shape index (κ1) is 22.3. The maximum Gasteiger partial charge on any atom is 0.249 e. The van der Waals surface area contributed by atoms with Crippen molar-refractivity contribution in [1.29, 1.82) is 0 Å². The normalized spacial score (nSPS) is 16.9. The number of carbonyl (C=O) groups excluding carboxylic acids is 1.